The molecule has 0 spiro atoms. The first kappa shape index (κ1) is 20.1. The molecule has 130 valence electrons. The van der Waals surface area contributed by atoms with E-state index in [0.717, 1.165) is 12.7 Å². The summed E-state index contributed by atoms with van der Waals surface area (Å²) in [5, 5.41) is 0. The standard InChI is InChI=1S/C13H22O.C9H8O/c1-2-3-4-5-6-7-8-9-10-11-12-13-14;10-9-5-7-3-1-2-4-8(7)6-9/h9-13H,2-8H2,1H3;1-4H,5-6H2/b10-9+,12-11+;. The van der Waals surface area contributed by atoms with Gasteiger partial charge < -0.3 is 0 Å². The van der Waals surface area contributed by atoms with E-state index in [1.165, 1.54) is 55.7 Å². The first-order valence-electron chi connectivity index (χ1n) is 9.13. The van der Waals surface area contributed by atoms with Crippen molar-refractivity contribution in [1.82, 2.24) is 0 Å². The van der Waals surface area contributed by atoms with Crippen molar-refractivity contribution in [2.24, 2.45) is 0 Å². The fourth-order valence-electron chi connectivity index (χ4n) is 2.72. The molecule has 0 amide bonds. The molecule has 1 aliphatic rings. The van der Waals surface area contributed by atoms with E-state index in [9.17, 15) is 9.59 Å². The van der Waals surface area contributed by atoms with Gasteiger partial charge in [-0.1, -0.05) is 81.5 Å². The van der Waals surface area contributed by atoms with Crippen LogP contribution in [0.2, 0.25) is 0 Å². The smallest absolute Gasteiger partial charge is 0.142 e. The van der Waals surface area contributed by atoms with E-state index in [-0.39, 0.29) is 0 Å². The van der Waals surface area contributed by atoms with Crippen LogP contribution in [-0.4, -0.2) is 12.1 Å². The van der Waals surface area contributed by atoms with Gasteiger partial charge in [-0.25, -0.2) is 0 Å². The third kappa shape index (κ3) is 9.24. The number of benzene rings is 1. The first-order valence-corrected chi connectivity index (χ1v) is 9.13. The minimum Gasteiger partial charge on any atom is -0.299 e. The van der Waals surface area contributed by atoms with Crippen LogP contribution in [-0.2, 0) is 22.4 Å². The summed E-state index contributed by atoms with van der Waals surface area (Å²) in [7, 11) is 0. The summed E-state index contributed by atoms with van der Waals surface area (Å²) < 4.78 is 0. The zero-order chi connectivity index (χ0) is 17.5. The van der Waals surface area contributed by atoms with Crippen LogP contribution >= 0.6 is 0 Å². The Morgan fingerprint density at radius 1 is 0.875 bits per heavy atom. The van der Waals surface area contributed by atoms with E-state index in [4.69, 9.17) is 0 Å². The lowest BCUT2D eigenvalue weighted by Crippen LogP contribution is -1.92. The van der Waals surface area contributed by atoms with Crippen LogP contribution < -0.4 is 0 Å². The highest BCUT2D eigenvalue weighted by Gasteiger charge is 2.16. The minimum atomic E-state index is 0.348. The highest BCUT2D eigenvalue weighted by Crippen LogP contribution is 2.17. The molecule has 1 aliphatic carbocycles. The number of Topliss-reactive ketones (excluding diaryl/α,β-unsaturated/α-hetero) is 1. The molecule has 24 heavy (non-hydrogen) atoms. The number of allylic oxidation sites excluding steroid dienone is 4. The van der Waals surface area contributed by atoms with E-state index < -0.39 is 0 Å². The lowest BCUT2D eigenvalue weighted by Gasteiger charge is -1.97. The maximum Gasteiger partial charge on any atom is 0.142 e. The maximum absolute atomic E-state index is 10.9. The summed E-state index contributed by atoms with van der Waals surface area (Å²) in [4.78, 5) is 20.8. The normalized spacial score (nSPS) is 13.1. The first-order chi connectivity index (χ1) is 11.8. The zero-order valence-electron chi connectivity index (χ0n) is 14.9. The molecule has 0 unspecified atom stereocenters. The summed E-state index contributed by atoms with van der Waals surface area (Å²) in [6.07, 6.45) is 18.6. The molecule has 0 radical (unpaired) electrons. The molecule has 0 atom stereocenters. The Morgan fingerprint density at radius 3 is 2.12 bits per heavy atom. The molecule has 0 aliphatic heterocycles. The van der Waals surface area contributed by atoms with Gasteiger partial charge in [0.25, 0.3) is 0 Å². The average molecular weight is 326 g/mol. The van der Waals surface area contributed by atoms with Gasteiger partial charge in [0.2, 0.25) is 0 Å². The largest absolute Gasteiger partial charge is 0.299 e. The number of ketones is 1. The van der Waals surface area contributed by atoms with Gasteiger partial charge in [0.1, 0.15) is 12.1 Å². The number of hydrogen-bond donors (Lipinski definition) is 0. The fourth-order valence-corrected chi connectivity index (χ4v) is 2.72. The van der Waals surface area contributed by atoms with E-state index >= 15 is 0 Å². The van der Waals surface area contributed by atoms with E-state index in [1.54, 1.807) is 6.08 Å². The van der Waals surface area contributed by atoms with Crippen LogP contribution in [0, 0.1) is 0 Å². The molecule has 2 heteroatoms. The summed E-state index contributed by atoms with van der Waals surface area (Å²) >= 11 is 0. The molecule has 0 saturated carbocycles. The number of rotatable bonds is 9. The third-order valence-corrected chi connectivity index (χ3v) is 4.05. The van der Waals surface area contributed by atoms with Crippen molar-refractivity contribution in [3.05, 3.63) is 59.7 Å². The van der Waals surface area contributed by atoms with Crippen LogP contribution in [0.3, 0.4) is 0 Å². The predicted octanol–water partition coefficient (Wildman–Crippen LogP) is 5.40. The molecule has 0 N–H and O–H groups in total. The SMILES string of the molecule is CCCCCCCC/C=C/C=C/C=O.O=C1Cc2ccccc2C1. The number of carbonyl (C=O) groups excluding carboxylic acids is 2. The summed E-state index contributed by atoms with van der Waals surface area (Å²) in [6, 6.07) is 8.02. The van der Waals surface area contributed by atoms with Crippen molar-refractivity contribution in [2.45, 2.75) is 64.7 Å². The van der Waals surface area contributed by atoms with Crippen LogP contribution in [0.5, 0.6) is 0 Å². The highest BCUT2D eigenvalue weighted by atomic mass is 16.1. The van der Waals surface area contributed by atoms with Crippen molar-refractivity contribution < 1.29 is 9.59 Å². The Bertz CT molecular complexity index is 514. The molecular weight excluding hydrogens is 296 g/mol. The lowest BCUT2D eigenvalue weighted by molar-refractivity contribution is -0.117. The van der Waals surface area contributed by atoms with Crippen molar-refractivity contribution in [3.63, 3.8) is 0 Å². The van der Waals surface area contributed by atoms with Crippen LogP contribution in [0.15, 0.2) is 48.6 Å². The number of hydrogen-bond acceptors (Lipinski definition) is 2. The van der Waals surface area contributed by atoms with Crippen molar-refractivity contribution in [3.8, 4) is 0 Å². The molecule has 1 aromatic carbocycles. The van der Waals surface area contributed by atoms with Crippen LogP contribution in [0.4, 0.5) is 0 Å². The van der Waals surface area contributed by atoms with Gasteiger partial charge in [-0.15, -0.1) is 0 Å². The molecular formula is C22H30O2. The Kier molecular flexibility index (Phi) is 11.3. The molecule has 0 fully saturated rings. The molecule has 0 heterocycles. The molecule has 0 aromatic heterocycles. The second-order valence-electron chi connectivity index (χ2n) is 6.17. The van der Waals surface area contributed by atoms with Gasteiger partial charge >= 0.3 is 0 Å². The highest BCUT2D eigenvalue weighted by molar-refractivity contribution is 5.87. The number of carbonyl (C=O) groups is 2. The topological polar surface area (TPSA) is 34.1 Å². The Labute approximate surface area is 146 Å². The van der Waals surface area contributed by atoms with Crippen LogP contribution in [0.1, 0.15) is 63.0 Å². The second-order valence-corrected chi connectivity index (χ2v) is 6.17. The average Bonchev–Trinajstić information content (AvgIpc) is 2.97. The Morgan fingerprint density at radius 2 is 1.50 bits per heavy atom. The van der Waals surface area contributed by atoms with E-state index in [0.29, 0.717) is 18.6 Å². The maximum atomic E-state index is 10.9. The lowest BCUT2D eigenvalue weighted by atomic mass is 10.1. The van der Waals surface area contributed by atoms with Gasteiger partial charge in [0.15, 0.2) is 0 Å². The molecule has 0 bridgehead atoms. The number of unbranched alkanes of at least 4 members (excludes halogenated alkanes) is 6. The quantitative estimate of drug-likeness (QED) is 0.263. The van der Waals surface area contributed by atoms with Gasteiger partial charge in [0.05, 0.1) is 0 Å². The van der Waals surface area contributed by atoms with Gasteiger partial charge in [0, 0.05) is 12.8 Å². The molecule has 2 rings (SSSR count). The van der Waals surface area contributed by atoms with E-state index in [2.05, 4.69) is 13.0 Å². The van der Waals surface area contributed by atoms with Crippen molar-refractivity contribution >= 4 is 12.1 Å². The van der Waals surface area contributed by atoms with Crippen molar-refractivity contribution in [1.29, 1.82) is 0 Å². The van der Waals surface area contributed by atoms with E-state index in [1.807, 2.05) is 30.3 Å². The second kappa shape index (κ2) is 13.5. The fraction of sp³-hybridized carbons (Fsp3) is 0.455. The van der Waals surface area contributed by atoms with Crippen molar-refractivity contribution in [2.75, 3.05) is 0 Å². The van der Waals surface area contributed by atoms with Gasteiger partial charge in [-0.05, 0) is 30.0 Å². The molecule has 1 aromatic rings. The molecule has 0 saturated heterocycles. The minimum absolute atomic E-state index is 0.348. The monoisotopic (exact) mass is 326 g/mol. The molecule has 2 nitrogen and oxygen atoms in total. The predicted molar refractivity (Wildman–Crippen MR) is 101 cm³/mol. The van der Waals surface area contributed by atoms with Gasteiger partial charge in [-0.3, -0.25) is 9.59 Å². The summed E-state index contributed by atoms with van der Waals surface area (Å²) in [6.45, 7) is 2.24. The Hall–Kier alpha value is -1.96. The number of fused-ring (bicyclic) bond motifs is 1. The number of aldehydes is 1. The van der Waals surface area contributed by atoms with Gasteiger partial charge in [-0.2, -0.15) is 0 Å². The summed E-state index contributed by atoms with van der Waals surface area (Å²) in [5.74, 6) is 0.348. The zero-order valence-corrected chi connectivity index (χ0v) is 14.9. The van der Waals surface area contributed by atoms with Crippen LogP contribution in [0.25, 0.3) is 0 Å². The summed E-state index contributed by atoms with van der Waals surface area (Å²) in [5.41, 5.74) is 2.43. The Balaban J connectivity index is 0.000000250. The third-order valence-electron chi connectivity index (χ3n) is 4.05.